The Morgan fingerprint density at radius 1 is 1.28 bits per heavy atom. The number of rotatable bonds is 5. The van der Waals surface area contributed by atoms with Crippen molar-refractivity contribution in [3.05, 3.63) is 52.8 Å². The molecule has 0 saturated carbocycles. The van der Waals surface area contributed by atoms with E-state index in [2.05, 4.69) is 35.2 Å². The summed E-state index contributed by atoms with van der Waals surface area (Å²) in [5.41, 5.74) is 4.06. The number of benzene rings is 1. The Kier molecular flexibility index (Phi) is 5.53. The first-order valence-electron chi connectivity index (χ1n) is 9.18. The first-order chi connectivity index (χ1) is 12.0. The summed E-state index contributed by atoms with van der Waals surface area (Å²) in [5, 5.41) is 7.67. The van der Waals surface area contributed by atoms with Crippen LogP contribution in [0.5, 0.6) is 0 Å². The fraction of sp³-hybridized carbons (Fsp3) is 0.500. The average molecular weight is 340 g/mol. The number of nitrogens with zero attached hydrogens (tertiary/aromatic N) is 3. The molecule has 2 heterocycles. The van der Waals surface area contributed by atoms with Crippen LogP contribution in [0.4, 0.5) is 0 Å². The molecule has 1 saturated heterocycles. The van der Waals surface area contributed by atoms with E-state index in [-0.39, 0.29) is 11.9 Å². The molecule has 25 heavy (non-hydrogen) atoms. The first-order valence-corrected chi connectivity index (χ1v) is 9.18. The van der Waals surface area contributed by atoms with Gasteiger partial charge < -0.3 is 10.2 Å². The van der Waals surface area contributed by atoms with E-state index in [4.69, 9.17) is 0 Å². The van der Waals surface area contributed by atoms with E-state index in [0.29, 0.717) is 0 Å². The van der Waals surface area contributed by atoms with Gasteiger partial charge in [-0.3, -0.25) is 9.48 Å². The maximum Gasteiger partial charge on any atom is 0.251 e. The lowest BCUT2D eigenvalue weighted by molar-refractivity contribution is 0.0906. The largest absolute Gasteiger partial charge is 0.348 e. The normalized spacial score (nSPS) is 18.3. The van der Waals surface area contributed by atoms with Gasteiger partial charge in [0, 0.05) is 23.8 Å². The van der Waals surface area contributed by atoms with Gasteiger partial charge in [-0.05, 0) is 63.5 Å². The molecule has 1 aromatic carbocycles. The molecular weight excluding hydrogens is 312 g/mol. The Labute approximate surface area is 150 Å². The minimum atomic E-state index is 0.0283. The standard InChI is InChI=1S/C20H28N4O/c1-4-23-11-5-6-19(14-23)21-20(25)18-9-7-17(8-10-18)13-24-16(3)12-15(2)22-24/h7-10,12,19H,4-6,11,13-14H2,1-3H3,(H,21,25)/t19-/m1/s1. The van der Waals surface area contributed by atoms with E-state index in [1.807, 2.05) is 35.9 Å². The van der Waals surface area contributed by atoms with E-state index in [9.17, 15) is 4.79 Å². The van der Waals surface area contributed by atoms with Crippen LogP contribution in [0.25, 0.3) is 0 Å². The van der Waals surface area contributed by atoms with Gasteiger partial charge in [0.15, 0.2) is 0 Å². The molecule has 1 amide bonds. The third-order valence-corrected chi connectivity index (χ3v) is 4.94. The van der Waals surface area contributed by atoms with Crippen LogP contribution < -0.4 is 5.32 Å². The predicted molar refractivity (Wildman–Crippen MR) is 99.8 cm³/mol. The fourth-order valence-electron chi connectivity index (χ4n) is 3.50. The highest BCUT2D eigenvalue weighted by Crippen LogP contribution is 2.12. The van der Waals surface area contributed by atoms with Crippen molar-refractivity contribution in [3.8, 4) is 0 Å². The lowest BCUT2D eigenvalue weighted by Crippen LogP contribution is -2.47. The number of likely N-dealkylation sites (tertiary alicyclic amines) is 1. The van der Waals surface area contributed by atoms with E-state index < -0.39 is 0 Å². The van der Waals surface area contributed by atoms with Crippen LogP contribution in [0, 0.1) is 13.8 Å². The Hall–Kier alpha value is -2.14. The molecule has 1 aliphatic rings. The number of piperidine rings is 1. The lowest BCUT2D eigenvalue weighted by atomic mass is 10.0. The molecule has 1 N–H and O–H groups in total. The third kappa shape index (κ3) is 4.48. The summed E-state index contributed by atoms with van der Waals surface area (Å²) < 4.78 is 1.99. The minimum Gasteiger partial charge on any atom is -0.348 e. The number of carbonyl (C=O) groups is 1. The molecule has 5 heteroatoms. The van der Waals surface area contributed by atoms with Crippen molar-refractivity contribution in [2.24, 2.45) is 0 Å². The third-order valence-electron chi connectivity index (χ3n) is 4.94. The van der Waals surface area contributed by atoms with Gasteiger partial charge in [0.25, 0.3) is 5.91 Å². The van der Waals surface area contributed by atoms with Crippen LogP contribution in [-0.2, 0) is 6.54 Å². The van der Waals surface area contributed by atoms with Crippen molar-refractivity contribution in [3.63, 3.8) is 0 Å². The summed E-state index contributed by atoms with van der Waals surface area (Å²) in [6.45, 7) is 10.1. The maximum atomic E-state index is 12.5. The van der Waals surface area contributed by atoms with E-state index in [0.717, 1.165) is 61.5 Å². The highest BCUT2D eigenvalue weighted by molar-refractivity contribution is 5.94. The van der Waals surface area contributed by atoms with Crippen LogP contribution in [0.15, 0.2) is 30.3 Å². The number of hydrogen-bond donors (Lipinski definition) is 1. The summed E-state index contributed by atoms with van der Waals surface area (Å²) in [4.78, 5) is 14.9. The monoisotopic (exact) mass is 340 g/mol. The minimum absolute atomic E-state index is 0.0283. The Morgan fingerprint density at radius 3 is 2.68 bits per heavy atom. The second-order valence-electron chi connectivity index (χ2n) is 6.99. The van der Waals surface area contributed by atoms with E-state index in [1.165, 1.54) is 0 Å². The molecule has 0 unspecified atom stereocenters. The number of nitrogens with one attached hydrogen (secondary N) is 1. The zero-order chi connectivity index (χ0) is 17.8. The van der Waals surface area contributed by atoms with Gasteiger partial charge in [0.1, 0.15) is 0 Å². The summed E-state index contributed by atoms with van der Waals surface area (Å²) in [6.07, 6.45) is 2.22. The molecule has 3 rings (SSSR count). The molecule has 2 aromatic rings. The second kappa shape index (κ2) is 7.83. The van der Waals surface area contributed by atoms with Crippen molar-refractivity contribution >= 4 is 5.91 Å². The summed E-state index contributed by atoms with van der Waals surface area (Å²) in [5.74, 6) is 0.0283. The van der Waals surface area contributed by atoms with Crippen molar-refractivity contribution in [2.45, 2.75) is 46.2 Å². The number of carbonyl (C=O) groups excluding carboxylic acids is 1. The van der Waals surface area contributed by atoms with Crippen LogP contribution in [-0.4, -0.2) is 46.3 Å². The number of aryl methyl sites for hydroxylation is 2. The van der Waals surface area contributed by atoms with Gasteiger partial charge in [-0.25, -0.2) is 0 Å². The first kappa shape index (κ1) is 17.7. The summed E-state index contributed by atoms with van der Waals surface area (Å²) in [6, 6.07) is 10.2. The second-order valence-corrected chi connectivity index (χ2v) is 6.99. The zero-order valence-corrected chi connectivity index (χ0v) is 15.5. The molecule has 1 aliphatic heterocycles. The van der Waals surface area contributed by atoms with Crippen LogP contribution in [0.2, 0.25) is 0 Å². The predicted octanol–water partition coefficient (Wildman–Crippen LogP) is 2.76. The maximum absolute atomic E-state index is 12.5. The van der Waals surface area contributed by atoms with E-state index in [1.54, 1.807) is 0 Å². The van der Waals surface area contributed by atoms with Crippen molar-refractivity contribution in [2.75, 3.05) is 19.6 Å². The zero-order valence-electron chi connectivity index (χ0n) is 15.5. The van der Waals surface area contributed by atoms with Crippen LogP contribution in [0.3, 0.4) is 0 Å². The molecule has 0 spiro atoms. The molecule has 0 bridgehead atoms. The van der Waals surface area contributed by atoms with Crippen LogP contribution >= 0.6 is 0 Å². The highest BCUT2D eigenvalue weighted by Gasteiger charge is 2.20. The topological polar surface area (TPSA) is 50.2 Å². The molecular formula is C20H28N4O. The number of likely N-dealkylation sites (N-methyl/N-ethyl adjacent to an activating group) is 1. The average Bonchev–Trinajstić information content (AvgIpc) is 2.93. The number of hydrogen-bond acceptors (Lipinski definition) is 3. The van der Waals surface area contributed by atoms with Crippen LogP contribution in [0.1, 0.15) is 47.1 Å². The molecule has 134 valence electrons. The number of amides is 1. The van der Waals surface area contributed by atoms with Gasteiger partial charge in [-0.15, -0.1) is 0 Å². The quantitative estimate of drug-likeness (QED) is 0.910. The van der Waals surface area contributed by atoms with Gasteiger partial charge in [0.05, 0.1) is 12.2 Å². The van der Waals surface area contributed by atoms with Gasteiger partial charge in [0.2, 0.25) is 0 Å². The molecule has 1 aromatic heterocycles. The van der Waals surface area contributed by atoms with Crippen molar-refractivity contribution in [1.82, 2.24) is 20.0 Å². The Morgan fingerprint density at radius 2 is 2.04 bits per heavy atom. The fourth-order valence-corrected chi connectivity index (χ4v) is 3.50. The van der Waals surface area contributed by atoms with Crippen molar-refractivity contribution in [1.29, 1.82) is 0 Å². The lowest BCUT2D eigenvalue weighted by Gasteiger charge is -2.32. The Balaban J connectivity index is 1.59. The van der Waals surface area contributed by atoms with Gasteiger partial charge in [-0.1, -0.05) is 19.1 Å². The van der Waals surface area contributed by atoms with E-state index >= 15 is 0 Å². The number of aromatic nitrogens is 2. The van der Waals surface area contributed by atoms with Crippen molar-refractivity contribution < 1.29 is 4.79 Å². The van der Waals surface area contributed by atoms with Gasteiger partial charge >= 0.3 is 0 Å². The Bertz CT molecular complexity index is 720. The van der Waals surface area contributed by atoms with Gasteiger partial charge in [-0.2, -0.15) is 5.10 Å². The molecule has 1 atom stereocenters. The SMILES string of the molecule is CCN1CCC[C@@H](NC(=O)c2ccc(Cn3nc(C)cc3C)cc2)C1. The highest BCUT2D eigenvalue weighted by atomic mass is 16.1. The smallest absolute Gasteiger partial charge is 0.251 e. The summed E-state index contributed by atoms with van der Waals surface area (Å²) in [7, 11) is 0. The molecule has 1 fully saturated rings. The molecule has 5 nitrogen and oxygen atoms in total. The summed E-state index contributed by atoms with van der Waals surface area (Å²) >= 11 is 0. The molecule has 0 aliphatic carbocycles. The molecule has 0 radical (unpaired) electrons.